The molecule has 1 amide bonds. The van der Waals surface area contributed by atoms with Crippen molar-refractivity contribution in [2.75, 3.05) is 0 Å². The van der Waals surface area contributed by atoms with Gasteiger partial charge in [0.15, 0.2) is 5.78 Å². The highest BCUT2D eigenvalue weighted by Gasteiger charge is 2.39. The van der Waals surface area contributed by atoms with E-state index in [2.05, 4.69) is 0 Å². The molecular formula is C17H25NO3Si. The summed E-state index contributed by atoms with van der Waals surface area (Å²) >= 11 is 0. The molecule has 0 aliphatic carbocycles. The normalized spacial score (nSPS) is 17.4. The Morgan fingerprint density at radius 1 is 1.36 bits per heavy atom. The monoisotopic (exact) mass is 319 g/mol. The van der Waals surface area contributed by atoms with Crippen molar-refractivity contribution in [1.82, 2.24) is 4.90 Å². The zero-order valence-electron chi connectivity index (χ0n) is 13.9. The lowest BCUT2D eigenvalue weighted by molar-refractivity contribution is -0.124. The fourth-order valence-corrected chi connectivity index (χ4v) is 3.15. The minimum absolute atomic E-state index is 0.117. The van der Waals surface area contributed by atoms with Crippen molar-refractivity contribution >= 4 is 22.1 Å². The predicted octanol–water partition coefficient (Wildman–Crippen LogP) is 2.61. The molecule has 1 aliphatic heterocycles. The Morgan fingerprint density at radius 3 is 2.68 bits per heavy atom. The lowest BCUT2D eigenvalue weighted by atomic mass is 10.0. The van der Waals surface area contributed by atoms with E-state index in [1.165, 1.54) is 0 Å². The van der Waals surface area contributed by atoms with Crippen molar-refractivity contribution in [2.45, 2.75) is 57.8 Å². The van der Waals surface area contributed by atoms with Crippen molar-refractivity contribution in [3.05, 3.63) is 35.4 Å². The highest BCUT2D eigenvalue weighted by atomic mass is 28.1. The van der Waals surface area contributed by atoms with Crippen LogP contribution in [0, 0.1) is 0 Å². The van der Waals surface area contributed by atoms with Gasteiger partial charge in [0.05, 0.1) is 6.54 Å². The summed E-state index contributed by atoms with van der Waals surface area (Å²) in [5.74, 6) is 0.117. The summed E-state index contributed by atoms with van der Waals surface area (Å²) < 4.78 is 5.60. The average Bonchev–Trinajstić information content (AvgIpc) is 2.86. The number of ketones is 1. The number of carbonyl (C=O) groups is 2. The minimum atomic E-state index is -0.517. The number of rotatable bonds is 5. The molecule has 0 fully saturated rings. The molecule has 5 heteroatoms. The fraction of sp³-hybridized carbons (Fsp3) is 0.529. The molecule has 2 rings (SSSR count). The molecule has 0 radical (unpaired) electrons. The quantitative estimate of drug-likeness (QED) is 0.784. The van der Waals surface area contributed by atoms with Crippen molar-refractivity contribution in [3.8, 4) is 0 Å². The van der Waals surface area contributed by atoms with Crippen LogP contribution in [0.2, 0.25) is 6.04 Å². The SMILES string of the molecule is CCC(C)(C)OC(=O)N1Cc2ccccc2C1C(=O)CC[SiH3]. The lowest BCUT2D eigenvalue weighted by Gasteiger charge is -2.29. The molecule has 0 saturated heterocycles. The standard InChI is InChI=1S/C17H25NO3Si/c1-4-17(2,3)21-16(20)18-11-12-7-5-6-8-13(12)15(18)14(19)9-10-22/h5-8,15H,4,9-11H2,1-3,22H3. The number of ether oxygens (including phenoxy) is 1. The van der Waals surface area contributed by atoms with E-state index in [0.717, 1.165) is 33.8 Å². The zero-order chi connectivity index (χ0) is 16.3. The fourth-order valence-electron chi connectivity index (χ4n) is 2.66. The largest absolute Gasteiger partial charge is 0.443 e. The second-order valence-corrected chi connectivity index (χ2v) is 7.43. The number of Topliss-reactive ketones (excluding diaryl/α,β-unsaturated/α-hetero) is 1. The molecule has 1 atom stereocenters. The molecule has 120 valence electrons. The maximum Gasteiger partial charge on any atom is 0.411 e. The topological polar surface area (TPSA) is 46.6 Å². The molecule has 1 aromatic carbocycles. The Morgan fingerprint density at radius 2 is 2.05 bits per heavy atom. The predicted molar refractivity (Wildman–Crippen MR) is 89.9 cm³/mol. The van der Waals surface area contributed by atoms with Gasteiger partial charge in [-0.15, -0.1) is 0 Å². The molecule has 1 aliphatic rings. The van der Waals surface area contributed by atoms with Gasteiger partial charge >= 0.3 is 6.09 Å². The van der Waals surface area contributed by atoms with Crippen LogP contribution in [0.4, 0.5) is 4.79 Å². The zero-order valence-corrected chi connectivity index (χ0v) is 15.9. The second kappa shape index (κ2) is 6.65. The second-order valence-electron chi connectivity index (χ2n) is 6.43. The Labute approximate surface area is 135 Å². The maximum atomic E-state index is 12.6. The average molecular weight is 319 g/mol. The summed E-state index contributed by atoms with van der Waals surface area (Å²) in [7, 11) is 0.993. The van der Waals surface area contributed by atoms with E-state index in [1.54, 1.807) is 4.90 Å². The van der Waals surface area contributed by atoms with Crippen molar-refractivity contribution < 1.29 is 14.3 Å². The Bertz CT molecular complexity index is 571. The third-order valence-corrected chi connectivity index (χ3v) is 4.75. The number of carbonyl (C=O) groups excluding carboxylic acids is 2. The van der Waals surface area contributed by atoms with Crippen LogP contribution < -0.4 is 0 Å². The molecule has 1 heterocycles. The smallest absolute Gasteiger partial charge is 0.411 e. The van der Waals surface area contributed by atoms with Crippen LogP contribution in [0.3, 0.4) is 0 Å². The number of amides is 1. The van der Waals surface area contributed by atoms with E-state index in [4.69, 9.17) is 4.74 Å². The van der Waals surface area contributed by atoms with Gasteiger partial charge in [0.2, 0.25) is 0 Å². The van der Waals surface area contributed by atoms with Crippen molar-refractivity contribution in [2.24, 2.45) is 0 Å². The van der Waals surface area contributed by atoms with Crippen LogP contribution in [-0.2, 0) is 16.1 Å². The van der Waals surface area contributed by atoms with E-state index in [0.29, 0.717) is 13.0 Å². The first-order valence-corrected chi connectivity index (χ1v) is 9.41. The molecule has 0 N–H and O–H groups in total. The van der Waals surface area contributed by atoms with E-state index >= 15 is 0 Å². The summed E-state index contributed by atoms with van der Waals surface area (Å²) in [5.41, 5.74) is 1.48. The lowest BCUT2D eigenvalue weighted by Crippen LogP contribution is -2.39. The summed E-state index contributed by atoms with van der Waals surface area (Å²) in [4.78, 5) is 26.7. The molecule has 0 bridgehead atoms. The number of benzene rings is 1. The van der Waals surface area contributed by atoms with E-state index in [1.807, 2.05) is 45.0 Å². The molecule has 0 aromatic heterocycles. The third kappa shape index (κ3) is 3.40. The third-order valence-electron chi connectivity index (χ3n) is 4.25. The minimum Gasteiger partial charge on any atom is -0.443 e. The van der Waals surface area contributed by atoms with Crippen LogP contribution in [0.25, 0.3) is 0 Å². The number of fused-ring (bicyclic) bond motifs is 1. The Hall–Kier alpha value is -1.62. The Kier molecular flexibility index (Phi) is 5.06. The molecule has 0 spiro atoms. The van der Waals surface area contributed by atoms with E-state index < -0.39 is 17.7 Å². The summed E-state index contributed by atoms with van der Waals surface area (Å²) in [6.45, 7) is 6.22. The van der Waals surface area contributed by atoms with Crippen LogP contribution in [-0.4, -0.2) is 32.6 Å². The summed E-state index contributed by atoms with van der Waals surface area (Å²) in [6.07, 6.45) is 0.875. The van der Waals surface area contributed by atoms with Gasteiger partial charge in [-0.1, -0.05) is 37.2 Å². The van der Waals surface area contributed by atoms with Gasteiger partial charge in [0, 0.05) is 16.7 Å². The molecule has 4 nitrogen and oxygen atoms in total. The molecule has 0 saturated carbocycles. The van der Waals surface area contributed by atoms with Gasteiger partial charge in [-0.3, -0.25) is 9.69 Å². The van der Waals surface area contributed by atoms with Crippen molar-refractivity contribution in [1.29, 1.82) is 0 Å². The van der Waals surface area contributed by atoms with Gasteiger partial charge in [0.1, 0.15) is 11.6 Å². The molecule has 22 heavy (non-hydrogen) atoms. The van der Waals surface area contributed by atoms with Crippen LogP contribution in [0.5, 0.6) is 0 Å². The number of nitrogens with zero attached hydrogens (tertiary/aromatic N) is 1. The van der Waals surface area contributed by atoms with Gasteiger partial charge < -0.3 is 4.74 Å². The first-order chi connectivity index (χ1) is 10.4. The Balaban J connectivity index is 2.27. The van der Waals surface area contributed by atoms with Gasteiger partial charge in [-0.25, -0.2) is 4.79 Å². The summed E-state index contributed by atoms with van der Waals surface area (Å²) in [5, 5.41) is 0. The molecule has 1 unspecified atom stereocenters. The molecule has 1 aromatic rings. The highest BCUT2D eigenvalue weighted by molar-refractivity contribution is 6.10. The highest BCUT2D eigenvalue weighted by Crippen LogP contribution is 2.36. The van der Waals surface area contributed by atoms with E-state index in [9.17, 15) is 9.59 Å². The van der Waals surface area contributed by atoms with Gasteiger partial charge in [-0.2, -0.15) is 0 Å². The first-order valence-electron chi connectivity index (χ1n) is 7.99. The van der Waals surface area contributed by atoms with Crippen molar-refractivity contribution in [3.63, 3.8) is 0 Å². The molecular weight excluding hydrogens is 294 g/mol. The van der Waals surface area contributed by atoms with Crippen LogP contribution >= 0.6 is 0 Å². The van der Waals surface area contributed by atoms with Gasteiger partial charge in [-0.05, 0) is 31.4 Å². The first kappa shape index (κ1) is 16.7. The van der Waals surface area contributed by atoms with Crippen LogP contribution in [0.1, 0.15) is 50.8 Å². The number of hydrogen-bond acceptors (Lipinski definition) is 3. The van der Waals surface area contributed by atoms with Crippen LogP contribution in [0.15, 0.2) is 24.3 Å². The van der Waals surface area contributed by atoms with E-state index in [-0.39, 0.29) is 5.78 Å². The summed E-state index contributed by atoms with van der Waals surface area (Å²) in [6, 6.07) is 8.23. The number of hydrogen-bond donors (Lipinski definition) is 0. The maximum absolute atomic E-state index is 12.6. The van der Waals surface area contributed by atoms with Gasteiger partial charge in [0.25, 0.3) is 0 Å².